The second-order valence-corrected chi connectivity index (χ2v) is 7.40. The molecule has 4 nitrogen and oxygen atoms in total. The Balaban J connectivity index is 1.85. The molecule has 0 spiro atoms. The number of benzene rings is 1. The third kappa shape index (κ3) is 4.05. The molecule has 0 aromatic heterocycles. The van der Waals surface area contributed by atoms with Gasteiger partial charge in [0.1, 0.15) is 0 Å². The molecular formula is C23H28N2O2. The van der Waals surface area contributed by atoms with Gasteiger partial charge in [-0.1, -0.05) is 23.8 Å². The Labute approximate surface area is 161 Å². The molecule has 0 bridgehead atoms. The van der Waals surface area contributed by atoms with Crippen molar-refractivity contribution in [2.75, 3.05) is 11.4 Å². The zero-order valence-electron chi connectivity index (χ0n) is 16.1. The average Bonchev–Trinajstić information content (AvgIpc) is 3.08. The quantitative estimate of drug-likeness (QED) is 0.698. The number of hydrogen-bond donors (Lipinski definition) is 0. The zero-order chi connectivity index (χ0) is 19.4. The van der Waals surface area contributed by atoms with Crippen molar-refractivity contribution < 1.29 is 9.59 Å². The largest absolute Gasteiger partial charge is 0.328 e. The van der Waals surface area contributed by atoms with E-state index >= 15 is 0 Å². The molecule has 0 aliphatic carbocycles. The van der Waals surface area contributed by atoms with Crippen LogP contribution in [-0.2, 0) is 4.79 Å². The van der Waals surface area contributed by atoms with Crippen molar-refractivity contribution in [2.24, 2.45) is 0 Å². The predicted octanol–water partition coefficient (Wildman–Crippen LogP) is 4.50. The Bertz CT molecular complexity index is 763. The summed E-state index contributed by atoms with van der Waals surface area (Å²) >= 11 is 0. The van der Waals surface area contributed by atoms with Gasteiger partial charge in [-0.3, -0.25) is 9.59 Å². The van der Waals surface area contributed by atoms with Crippen LogP contribution >= 0.6 is 0 Å². The maximum absolute atomic E-state index is 13.3. The van der Waals surface area contributed by atoms with Crippen molar-refractivity contribution in [1.29, 1.82) is 0 Å². The van der Waals surface area contributed by atoms with Crippen LogP contribution in [0.4, 0.5) is 5.69 Å². The van der Waals surface area contributed by atoms with Gasteiger partial charge in [-0.15, -0.1) is 13.2 Å². The molecule has 0 saturated carbocycles. The van der Waals surface area contributed by atoms with Crippen LogP contribution in [0.5, 0.6) is 0 Å². The van der Waals surface area contributed by atoms with Gasteiger partial charge in [-0.2, -0.15) is 0 Å². The Hall–Kier alpha value is -2.62. The maximum Gasteiger partial charge on any atom is 0.254 e. The number of carbonyl (C=O) groups excluding carboxylic acids is 2. The molecule has 27 heavy (non-hydrogen) atoms. The van der Waals surface area contributed by atoms with E-state index in [1.807, 2.05) is 41.3 Å². The van der Waals surface area contributed by atoms with E-state index in [4.69, 9.17) is 0 Å². The summed E-state index contributed by atoms with van der Waals surface area (Å²) in [6, 6.07) is 7.58. The van der Waals surface area contributed by atoms with E-state index in [1.54, 1.807) is 4.90 Å². The first-order valence-electron chi connectivity index (χ1n) is 9.67. The molecule has 4 heteroatoms. The highest BCUT2D eigenvalue weighted by atomic mass is 16.2. The molecule has 1 aromatic rings. The molecule has 2 aliphatic heterocycles. The highest BCUT2D eigenvalue weighted by Crippen LogP contribution is 2.29. The SMILES string of the molecule is C=CC[C@H]1CC(C)=C[C@H](CC=C)N1C(=O)c1ccc(N2CCCC2=O)cc1. The normalized spacial score (nSPS) is 22.6. The highest BCUT2D eigenvalue weighted by molar-refractivity contribution is 5.98. The summed E-state index contributed by atoms with van der Waals surface area (Å²) in [6.45, 7) is 10.6. The Morgan fingerprint density at radius 2 is 1.89 bits per heavy atom. The lowest BCUT2D eigenvalue weighted by Gasteiger charge is -2.40. The van der Waals surface area contributed by atoms with Crippen LogP contribution in [0.3, 0.4) is 0 Å². The minimum absolute atomic E-state index is 0.0218. The predicted molar refractivity (Wildman–Crippen MR) is 110 cm³/mol. The van der Waals surface area contributed by atoms with E-state index < -0.39 is 0 Å². The molecule has 3 rings (SSSR count). The van der Waals surface area contributed by atoms with Gasteiger partial charge in [-0.25, -0.2) is 0 Å². The fraction of sp³-hybridized carbons (Fsp3) is 0.391. The van der Waals surface area contributed by atoms with Gasteiger partial charge in [-0.05, 0) is 56.9 Å². The molecule has 0 unspecified atom stereocenters. The van der Waals surface area contributed by atoms with Crippen molar-refractivity contribution >= 4 is 17.5 Å². The first-order chi connectivity index (χ1) is 13.0. The number of hydrogen-bond acceptors (Lipinski definition) is 2. The fourth-order valence-corrected chi connectivity index (χ4v) is 4.13. The van der Waals surface area contributed by atoms with Gasteiger partial charge in [0.15, 0.2) is 0 Å². The number of amides is 2. The van der Waals surface area contributed by atoms with Gasteiger partial charge in [0.05, 0.1) is 6.04 Å². The molecule has 1 aromatic carbocycles. The van der Waals surface area contributed by atoms with Crippen molar-refractivity contribution in [2.45, 2.75) is 51.1 Å². The average molecular weight is 364 g/mol. The van der Waals surface area contributed by atoms with E-state index in [0.717, 1.165) is 37.9 Å². The van der Waals surface area contributed by atoms with E-state index in [1.165, 1.54) is 5.57 Å². The summed E-state index contributed by atoms with van der Waals surface area (Å²) in [5, 5.41) is 0. The molecule has 2 heterocycles. The summed E-state index contributed by atoms with van der Waals surface area (Å²) in [5.74, 6) is 0.180. The smallest absolute Gasteiger partial charge is 0.254 e. The Morgan fingerprint density at radius 3 is 2.48 bits per heavy atom. The summed E-state index contributed by atoms with van der Waals surface area (Å²) < 4.78 is 0. The minimum atomic E-state index is 0.0218. The lowest BCUT2D eigenvalue weighted by molar-refractivity contribution is -0.117. The fourth-order valence-electron chi connectivity index (χ4n) is 4.13. The van der Waals surface area contributed by atoms with Gasteiger partial charge in [0, 0.05) is 30.3 Å². The maximum atomic E-state index is 13.3. The van der Waals surface area contributed by atoms with Crippen molar-refractivity contribution in [3.8, 4) is 0 Å². The van der Waals surface area contributed by atoms with Crippen molar-refractivity contribution in [3.05, 3.63) is 66.8 Å². The van der Waals surface area contributed by atoms with Crippen LogP contribution in [0.2, 0.25) is 0 Å². The van der Waals surface area contributed by atoms with Gasteiger partial charge >= 0.3 is 0 Å². The third-order valence-electron chi connectivity index (χ3n) is 5.37. The highest BCUT2D eigenvalue weighted by Gasteiger charge is 2.32. The van der Waals surface area contributed by atoms with Crippen LogP contribution < -0.4 is 4.90 Å². The molecule has 2 atom stereocenters. The van der Waals surface area contributed by atoms with E-state index in [9.17, 15) is 9.59 Å². The van der Waals surface area contributed by atoms with Crippen LogP contribution in [0, 0.1) is 0 Å². The molecule has 1 saturated heterocycles. The first kappa shape index (κ1) is 19.2. The second kappa shape index (κ2) is 8.38. The molecule has 142 valence electrons. The topological polar surface area (TPSA) is 40.6 Å². The van der Waals surface area contributed by atoms with Gasteiger partial charge in [0.25, 0.3) is 5.91 Å². The minimum Gasteiger partial charge on any atom is -0.328 e. The van der Waals surface area contributed by atoms with Gasteiger partial charge in [0.2, 0.25) is 5.91 Å². The summed E-state index contributed by atoms with van der Waals surface area (Å²) in [4.78, 5) is 29.0. The molecule has 2 aliphatic rings. The van der Waals surface area contributed by atoms with E-state index in [-0.39, 0.29) is 23.9 Å². The van der Waals surface area contributed by atoms with Crippen LogP contribution in [0.1, 0.15) is 49.4 Å². The number of nitrogens with zero attached hydrogens (tertiary/aromatic N) is 2. The van der Waals surface area contributed by atoms with Crippen LogP contribution in [-0.4, -0.2) is 35.3 Å². The standard InChI is InChI=1S/C23H28N2O2/c1-4-7-20-15-17(3)16-21(8-5-2)25(20)23(27)18-10-12-19(13-11-18)24-14-6-9-22(24)26/h4-5,10-13,15,20-21H,1-2,6-9,14,16H2,3H3/t20-,21-/m0/s1. The van der Waals surface area contributed by atoms with Crippen molar-refractivity contribution in [1.82, 2.24) is 4.90 Å². The molecule has 1 fully saturated rings. The zero-order valence-corrected chi connectivity index (χ0v) is 16.1. The monoisotopic (exact) mass is 364 g/mol. The summed E-state index contributed by atoms with van der Waals surface area (Å²) in [6.07, 6.45) is 9.80. The Kier molecular flexibility index (Phi) is 5.94. The van der Waals surface area contributed by atoms with E-state index in [2.05, 4.69) is 26.2 Å². The number of carbonyl (C=O) groups is 2. The lowest BCUT2D eigenvalue weighted by atomic mass is 9.91. The van der Waals surface area contributed by atoms with E-state index in [0.29, 0.717) is 12.0 Å². The summed E-state index contributed by atoms with van der Waals surface area (Å²) in [7, 11) is 0. The summed E-state index contributed by atoms with van der Waals surface area (Å²) in [5.41, 5.74) is 2.83. The van der Waals surface area contributed by atoms with Crippen molar-refractivity contribution in [3.63, 3.8) is 0 Å². The van der Waals surface area contributed by atoms with Gasteiger partial charge < -0.3 is 9.80 Å². The Morgan fingerprint density at radius 1 is 1.19 bits per heavy atom. The number of anilines is 1. The lowest BCUT2D eigenvalue weighted by Crippen LogP contribution is -2.48. The molecule has 2 amide bonds. The second-order valence-electron chi connectivity index (χ2n) is 7.40. The molecular weight excluding hydrogens is 336 g/mol. The third-order valence-corrected chi connectivity index (χ3v) is 5.37. The molecule has 0 radical (unpaired) electrons. The van der Waals surface area contributed by atoms with Crippen LogP contribution in [0.25, 0.3) is 0 Å². The number of rotatable bonds is 6. The molecule has 0 N–H and O–H groups in total. The van der Waals surface area contributed by atoms with Crippen LogP contribution in [0.15, 0.2) is 61.2 Å². The first-order valence-corrected chi connectivity index (χ1v) is 9.67.